The fraction of sp³-hybridized carbons (Fsp3) is 0.750. The Balaban J connectivity index is 2.89. The molecule has 0 amide bonds. The summed E-state index contributed by atoms with van der Waals surface area (Å²) in [6, 6.07) is 0. The molecule has 1 aliphatic rings. The summed E-state index contributed by atoms with van der Waals surface area (Å²) in [5.74, 6) is -0.630. The molecular weight excluding hydrogens is 275 g/mol. The number of rotatable bonds is 3. The predicted molar refractivity (Wildman–Crippen MR) is 54.7 cm³/mol. The van der Waals surface area contributed by atoms with Crippen LogP contribution in [-0.2, 0) is 14.3 Å². The van der Waals surface area contributed by atoms with E-state index in [0.717, 1.165) is 6.42 Å². The van der Waals surface area contributed by atoms with Crippen molar-refractivity contribution < 1.29 is 25.8 Å². The van der Waals surface area contributed by atoms with Crippen LogP contribution in [0.3, 0.4) is 0 Å². The monoisotopic (exact) mass is 286 g/mol. The first-order valence-corrected chi connectivity index (χ1v) is 6.49. The van der Waals surface area contributed by atoms with Crippen LogP contribution in [0, 0.1) is 5.39 Å². The van der Waals surface area contributed by atoms with Crippen LogP contribution in [0.1, 0.15) is 19.3 Å². The van der Waals surface area contributed by atoms with Gasteiger partial charge < -0.3 is 9.08 Å². The van der Waals surface area contributed by atoms with Gasteiger partial charge in [0.05, 0.1) is 0 Å². The van der Waals surface area contributed by atoms with E-state index in [1.165, 1.54) is 4.90 Å². The van der Waals surface area contributed by atoms with Gasteiger partial charge in [0.25, 0.3) is 5.88 Å². The lowest BCUT2D eigenvalue weighted by Crippen LogP contribution is -2.34. The molecule has 102 valence electrons. The van der Waals surface area contributed by atoms with E-state index in [9.17, 15) is 21.6 Å². The topological polar surface area (TPSA) is 74.8 Å². The molecule has 0 atom stereocenters. The lowest BCUT2D eigenvalue weighted by molar-refractivity contribution is -0.0539. The maximum atomic E-state index is 12.1. The van der Waals surface area contributed by atoms with E-state index >= 15 is 0 Å². The van der Waals surface area contributed by atoms with Gasteiger partial charge in [-0.1, -0.05) is 0 Å². The smallest absolute Gasteiger partial charge is 0.349 e. The molecule has 6 nitrogen and oxygen atoms in total. The average molecular weight is 286 g/mol. The van der Waals surface area contributed by atoms with Crippen LogP contribution in [0.4, 0.5) is 13.2 Å². The van der Waals surface area contributed by atoms with Gasteiger partial charge in [0.2, 0.25) is 5.39 Å². The predicted octanol–water partition coefficient (Wildman–Crippen LogP) is 1.99. The SMILES string of the molecule is N#[N+]/C=C(/OS(=O)(=O)C(F)(F)F)N1CCCCC1. The van der Waals surface area contributed by atoms with E-state index in [0.29, 0.717) is 32.1 Å². The first-order chi connectivity index (χ1) is 8.28. The summed E-state index contributed by atoms with van der Waals surface area (Å²) < 4.78 is 62.1. The molecule has 0 unspecified atom stereocenters. The Labute approximate surface area is 102 Å². The molecular formula is C8H11F3N3O3S+. The zero-order chi connectivity index (χ0) is 13.8. The Morgan fingerprint density at radius 3 is 2.28 bits per heavy atom. The maximum absolute atomic E-state index is 12.1. The van der Waals surface area contributed by atoms with E-state index in [1.807, 2.05) is 0 Å². The fourth-order valence-corrected chi connectivity index (χ4v) is 1.95. The minimum absolute atomic E-state index is 0.342. The summed E-state index contributed by atoms with van der Waals surface area (Å²) in [7, 11) is -5.75. The van der Waals surface area contributed by atoms with E-state index in [2.05, 4.69) is 9.16 Å². The van der Waals surface area contributed by atoms with Crippen LogP contribution in [0.5, 0.6) is 0 Å². The Morgan fingerprint density at radius 2 is 1.83 bits per heavy atom. The first kappa shape index (κ1) is 14.6. The van der Waals surface area contributed by atoms with Crippen LogP contribution in [0.2, 0.25) is 0 Å². The maximum Gasteiger partial charge on any atom is 0.534 e. The zero-order valence-corrected chi connectivity index (χ0v) is 10.0. The third-order valence-corrected chi connectivity index (χ3v) is 3.27. The van der Waals surface area contributed by atoms with Crippen LogP contribution in [0.25, 0.3) is 4.98 Å². The summed E-state index contributed by atoms with van der Waals surface area (Å²) in [6.07, 6.45) is 2.82. The normalized spacial score (nSPS) is 18.3. The Bertz CT molecular complexity index is 460. The highest BCUT2D eigenvalue weighted by atomic mass is 32.2. The average Bonchev–Trinajstić information content (AvgIpc) is 2.28. The number of nitrogens with zero attached hydrogens (tertiary/aromatic N) is 3. The number of piperidine rings is 1. The minimum atomic E-state index is -5.75. The number of likely N-dealkylation sites (tertiary alicyclic amines) is 1. The zero-order valence-electron chi connectivity index (χ0n) is 9.22. The third kappa shape index (κ3) is 3.49. The van der Waals surface area contributed by atoms with Crippen LogP contribution in [-0.4, -0.2) is 31.9 Å². The van der Waals surface area contributed by atoms with Gasteiger partial charge >= 0.3 is 21.8 Å². The van der Waals surface area contributed by atoms with Crippen molar-refractivity contribution in [1.29, 1.82) is 5.39 Å². The van der Waals surface area contributed by atoms with Crippen molar-refractivity contribution in [3.05, 3.63) is 17.1 Å². The standard InChI is InChI=1S/C8H11F3N3O3S/c9-8(10,11)18(15,16)17-7(6-13-12)14-4-2-1-3-5-14/h6H,1-5H2/q+1/b7-6+. The van der Waals surface area contributed by atoms with E-state index < -0.39 is 21.5 Å². The van der Waals surface area contributed by atoms with E-state index in [4.69, 9.17) is 5.39 Å². The molecule has 1 rings (SSSR count). The van der Waals surface area contributed by atoms with Gasteiger partial charge in [0.15, 0.2) is 4.98 Å². The highest BCUT2D eigenvalue weighted by molar-refractivity contribution is 7.87. The summed E-state index contributed by atoms with van der Waals surface area (Å²) in [5.41, 5.74) is -5.52. The molecule has 0 aromatic rings. The second-order valence-corrected chi connectivity index (χ2v) is 5.15. The van der Waals surface area contributed by atoms with Crippen LogP contribution < -0.4 is 0 Å². The quantitative estimate of drug-likeness (QED) is 0.343. The van der Waals surface area contributed by atoms with Gasteiger partial charge in [0, 0.05) is 13.1 Å². The highest BCUT2D eigenvalue weighted by Crippen LogP contribution is 2.28. The lowest BCUT2D eigenvalue weighted by atomic mass is 10.1. The molecule has 0 radical (unpaired) electrons. The third-order valence-electron chi connectivity index (χ3n) is 2.31. The molecule has 0 aromatic carbocycles. The van der Waals surface area contributed by atoms with Gasteiger partial charge in [-0.25, -0.2) is 0 Å². The number of diazo groups is 1. The molecule has 0 saturated carbocycles. The van der Waals surface area contributed by atoms with Crippen molar-refractivity contribution in [2.24, 2.45) is 0 Å². The molecule has 0 aliphatic carbocycles. The van der Waals surface area contributed by atoms with Crippen LogP contribution in [0.15, 0.2) is 12.1 Å². The Kier molecular flexibility index (Phi) is 4.39. The lowest BCUT2D eigenvalue weighted by Gasteiger charge is -2.27. The van der Waals surface area contributed by atoms with Crippen molar-refractivity contribution in [2.75, 3.05) is 13.1 Å². The summed E-state index contributed by atoms with van der Waals surface area (Å²) in [5, 5.41) is 8.33. The van der Waals surface area contributed by atoms with Gasteiger partial charge in [-0.3, -0.25) is 0 Å². The van der Waals surface area contributed by atoms with Crippen molar-refractivity contribution in [3.63, 3.8) is 0 Å². The summed E-state index contributed by atoms with van der Waals surface area (Å²) >= 11 is 0. The van der Waals surface area contributed by atoms with Gasteiger partial charge in [-0.15, -0.1) is 0 Å². The molecule has 0 aromatic heterocycles. The molecule has 1 fully saturated rings. The van der Waals surface area contributed by atoms with Crippen molar-refractivity contribution >= 4 is 10.1 Å². The van der Waals surface area contributed by atoms with Gasteiger partial charge in [-0.05, 0) is 19.3 Å². The van der Waals surface area contributed by atoms with E-state index in [-0.39, 0.29) is 0 Å². The number of hydrogen-bond acceptors (Lipinski definition) is 5. The second kappa shape index (κ2) is 5.43. The van der Waals surface area contributed by atoms with Crippen molar-refractivity contribution in [3.8, 4) is 0 Å². The molecule has 1 aliphatic heterocycles. The summed E-state index contributed by atoms with van der Waals surface area (Å²) in [6.45, 7) is 0.684. The molecule has 10 heteroatoms. The summed E-state index contributed by atoms with van der Waals surface area (Å²) in [4.78, 5) is 3.80. The molecule has 0 spiro atoms. The number of halogens is 3. The van der Waals surface area contributed by atoms with E-state index in [1.54, 1.807) is 0 Å². The van der Waals surface area contributed by atoms with Crippen molar-refractivity contribution in [2.45, 2.75) is 24.8 Å². The largest absolute Gasteiger partial charge is 0.534 e. The number of hydrogen-bond donors (Lipinski definition) is 0. The van der Waals surface area contributed by atoms with Crippen LogP contribution >= 0.6 is 0 Å². The van der Waals surface area contributed by atoms with Gasteiger partial charge in [0.1, 0.15) is 0 Å². The molecule has 0 bridgehead atoms. The van der Waals surface area contributed by atoms with Gasteiger partial charge in [-0.2, -0.15) is 21.6 Å². The molecule has 1 heterocycles. The molecule has 0 N–H and O–H groups in total. The number of alkyl halides is 3. The van der Waals surface area contributed by atoms with Crippen molar-refractivity contribution in [1.82, 2.24) is 4.90 Å². The fourth-order valence-electron chi connectivity index (χ4n) is 1.48. The minimum Gasteiger partial charge on any atom is -0.349 e. The highest BCUT2D eigenvalue weighted by Gasteiger charge is 2.49. The molecule has 1 saturated heterocycles. The Hall–Kier alpha value is -1.50. The Morgan fingerprint density at radius 1 is 1.28 bits per heavy atom. The first-order valence-electron chi connectivity index (χ1n) is 5.08. The second-order valence-electron chi connectivity index (χ2n) is 3.61. The molecule has 18 heavy (non-hydrogen) atoms.